The second-order valence-corrected chi connectivity index (χ2v) is 4.36. The van der Waals surface area contributed by atoms with Gasteiger partial charge >= 0.3 is 5.97 Å². The molecule has 0 aliphatic carbocycles. The smallest absolute Gasteiger partial charge is 0.346 e. The first-order valence-electron chi connectivity index (χ1n) is 6.50. The van der Waals surface area contributed by atoms with Gasteiger partial charge in [0.1, 0.15) is 5.75 Å². The van der Waals surface area contributed by atoms with Gasteiger partial charge in [0, 0.05) is 12.2 Å². The molecule has 1 unspecified atom stereocenters. The second kappa shape index (κ2) is 7.74. The lowest BCUT2D eigenvalue weighted by Gasteiger charge is -2.15. The van der Waals surface area contributed by atoms with Crippen LogP contribution in [0.2, 0.25) is 0 Å². The van der Waals surface area contributed by atoms with Crippen LogP contribution in [-0.2, 0) is 16.1 Å². The zero-order valence-corrected chi connectivity index (χ0v) is 12.0. The van der Waals surface area contributed by atoms with Crippen LogP contribution >= 0.6 is 0 Å². The maximum atomic E-state index is 11.4. The van der Waals surface area contributed by atoms with E-state index in [-0.39, 0.29) is 0 Å². The summed E-state index contributed by atoms with van der Waals surface area (Å²) in [5.41, 5.74) is 1.73. The van der Waals surface area contributed by atoms with Crippen LogP contribution in [0.25, 0.3) is 0 Å². The summed E-state index contributed by atoms with van der Waals surface area (Å²) in [7, 11) is 1.35. The van der Waals surface area contributed by atoms with Crippen LogP contribution in [-0.4, -0.2) is 30.7 Å². The highest BCUT2D eigenvalue weighted by Gasteiger charge is 2.17. The molecule has 19 heavy (non-hydrogen) atoms. The van der Waals surface area contributed by atoms with E-state index in [0.29, 0.717) is 12.3 Å². The van der Waals surface area contributed by atoms with Crippen LogP contribution in [0.5, 0.6) is 5.75 Å². The molecule has 1 N–H and O–H groups in total. The average Bonchev–Trinajstić information content (AvgIpc) is 2.40. The fourth-order valence-corrected chi connectivity index (χ4v) is 1.62. The summed E-state index contributed by atoms with van der Waals surface area (Å²) in [5.74, 6) is 0.222. The summed E-state index contributed by atoms with van der Waals surface area (Å²) in [6.45, 7) is 7.24. The first-order chi connectivity index (χ1) is 9.08. The van der Waals surface area contributed by atoms with Crippen molar-refractivity contribution in [1.29, 1.82) is 0 Å². The Morgan fingerprint density at radius 1 is 1.47 bits per heavy atom. The molecule has 0 aromatic carbocycles. The number of carbonyl (C=O) groups excluding carboxylic acids is 1. The van der Waals surface area contributed by atoms with Crippen molar-refractivity contribution in [2.45, 2.75) is 39.8 Å². The fourth-order valence-electron chi connectivity index (χ4n) is 1.62. The Kier molecular flexibility index (Phi) is 6.29. The first-order valence-corrected chi connectivity index (χ1v) is 6.50. The number of aromatic nitrogens is 1. The van der Waals surface area contributed by atoms with Gasteiger partial charge in [-0.15, -0.1) is 0 Å². The van der Waals surface area contributed by atoms with Crippen molar-refractivity contribution < 1.29 is 14.3 Å². The Bertz CT molecular complexity index is 421. The van der Waals surface area contributed by atoms with Crippen molar-refractivity contribution in [2.24, 2.45) is 0 Å². The van der Waals surface area contributed by atoms with Crippen molar-refractivity contribution in [3.8, 4) is 5.75 Å². The Labute approximate surface area is 114 Å². The maximum Gasteiger partial charge on any atom is 0.346 e. The van der Waals surface area contributed by atoms with Gasteiger partial charge in [-0.25, -0.2) is 4.79 Å². The van der Waals surface area contributed by atoms with E-state index >= 15 is 0 Å². The molecule has 1 heterocycles. The normalized spacial score (nSPS) is 12.0. The largest absolute Gasteiger partial charge is 0.477 e. The third-order valence-electron chi connectivity index (χ3n) is 2.63. The van der Waals surface area contributed by atoms with Crippen LogP contribution < -0.4 is 10.1 Å². The van der Waals surface area contributed by atoms with Crippen molar-refractivity contribution in [2.75, 3.05) is 13.7 Å². The number of ether oxygens (including phenoxy) is 2. The molecule has 1 aromatic heterocycles. The molecule has 1 atom stereocenters. The molecule has 5 nitrogen and oxygen atoms in total. The maximum absolute atomic E-state index is 11.4. The van der Waals surface area contributed by atoms with Gasteiger partial charge in [-0.05, 0) is 38.9 Å². The number of nitrogens with zero attached hydrogens (tertiary/aromatic N) is 1. The summed E-state index contributed by atoms with van der Waals surface area (Å²) in [6, 6.07) is 3.70. The topological polar surface area (TPSA) is 60.5 Å². The Balaban J connectivity index is 2.78. The molecule has 0 saturated carbocycles. The Morgan fingerprint density at radius 2 is 2.21 bits per heavy atom. The molecule has 1 rings (SSSR count). The molecular formula is C14H22N2O3. The van der Waals surface area contributed by atoms with E-state index < -0.39 is 12.1 Å². The zero-order chi connectivity index (χ0) is 14.3. The van der Waals surface area contributed by atoms with E-state index in [1.54, 1.807) is 6.92 Å². The highest BCUT2D eigenvalue weighted by atomic mass is 16.6. The van der Waals surface area contributed by atoms with Gasteiger partial charge in [-0.3, -0.25) is 4.98 Å². The van der Waals surface area contributed by atoms with E-state index in [4.69, 9.17) is 4.74 Å². The molecule has 0 spiro atoms. The van der Waals surface area contributed by atoms with Gasteiger partial charge in [0.25, 0.3) is 0 Å². The van der Waals surface area contributed by atoms with Crippen molar-refractivity contribution in [3.05, 3.63) is 23.5 Å². The lowest BCUT2D eigenvalue weighted by atomic mass is 10.2. The third-order valence-corrected chi connectivity index (χ3v) is 2.63. The minimum atomic E-state index is -0.639. The van der Waals surface area contributed by atoms with Crippen LogP contribution in [0, 0.1) is 6.92 Å². The molecule has 0 fully saturated rings. The fraction of sp³-hybridized carbons (Fsp3) is 0.571. The minimum absolute atomic E-state index is 0.395. The van der Waals surface area contributed by atoms with Crippen LogP contribution in [0.3, 0.4) is 0 Å². The van der Waals surface area contributed by atoms with E-state index in [1.807, 2.05) is 19.1 Å². The molecule has 1 aromatic rings. The van der Waals surface area contributed by atoms with Gasteiger partial charge in [0.2, 0.25) is 0 Å². The van der Waals surface area contributed by atoms with Crippen LogP contribution in [0.1, 0.15) is 31.7 Å². The molecular weight excluding hydrogens is 244 g/mol. The standard InChI is InChI=1S/C14H22N2O3/c1-5-8-15-9-12-13(7-6-10(2)16-12)19-11(3)14(17)18-4/h6-7,11,15H,5,8-9H2,1-4H3. The lowest BCUT2D eigenvalue weighted by Crippen LogP contribution is -2.26. The Morgan fingerprint density at radius 3 is 2.84 bits per heavy atom. The molecule has 0 radical (unpaired) electrons. The van der Waals surface area contributed by atoms with E-state index in [0.717, 1.165) is 24.4 Å². The van der Waals surface area contributed by atoms with E-state index in [1.165, 1.54) is 7.11 Å². The predicted molar refractivity (Wildman–Crippen MR) is 73.1 cm³/mol. The molecule has 5 heteroatoms. The van der Waals surface area contributed by atoms with Gasteiger partial charge in [-0.1, -0.05) is 6.92 Å². The molecule has 106 valence electrons. The van der Waals surface area contributed by atoms with E-state index in [9.17, 15) is 4.79 Å². The van der Waals surface area contributed by atoms with Gasteiger partial charge in [-0.2, -0.15) is 0 Å². The first kappa shape index (κ1) is 15.4. The summed E-state index contributed by atoms with van der Waals surface area (Å²) in [5, 5.41) is 3.28. The number of aryl methyl sites for hydroxylation is 1. The van der Waals surface area contributed by atoms with Crippen LogP contribution in [0.15, 0.2) is 12.1 Å². The van der Waals surface area contributed by atoms with Crippen molar-refractivity contribution in [1.82, 2.24) is 10.3 Å². The SMILES string of the molecule is CCCNCc1nc(C)ccc1OC(C)C(=O)OC. The summed E-state index contributed by atoms with van der Waals surface area (Å²) in [6.07, 6.45) is 0.417. The molecule has 0 amide bonds. The highest BCUT2D eigenvalue weighted by Crippen LogP contribution is 2.18. The van der Waals surface area contributed by atoms with Crippen LogP contribution in [0.4, 0.5) is 0 Å². The molecule has 0 saturated heterocycles. The summed E-state index contributed by atoms with van der Waals surface area (Å²) >= 11 is 0. The zero-order valence-electron chi connectivity index (χ0n) is 12.0. The highest BCUT2D eigenvalue weighted by molar-refractivity contribution is 5.74. The minimum Gasteiger partial charge on any atom is -0.477 e. The molecule has 0 aliphatic rings. The van der Waals surface area contributed by atoms with Crippen molar-refractivity contribution in [3.63, 3.8) is 0 Å². The summed E-state index contributed by atoms with van der Waals surface area (Å²) in [4.78, 5) is 15.8. The number of hydrogen-bond acceptors (Lipinski definition) is 5. The number of carbonyl (C=O) groups is 1. The number of nitrogens with one attached hydrogen (secondary N) is 1. The third kappa shape index (κ3) is 4.87. The number of methoxy groups -OCH3 is 1. The quantitative estimate of drug-likeness (QED) is 0.602. The second-order valence-electron chi connectivity index (χ2n) is 4.36. The monoisotopic (exact) mass is 266 g/mol. The number of rotatable bonds is 7. The molecule has 0 bridgehead atoms. The predicted octanol–water partition coefficient (Wildman–Crippen LogP) is 1.83. The van der Waals surface area contributed by atoms with E-state index in [2.05, 4.69) is 22.0 Å². The number of esters is 1. The van der Waals surface area contributed by atoms with Gasteiger partial charge in [0.15, 0.2) is 6.10 Å². The lowest BCUT2D eigenvalue weighted by molar-refractivity contribution is -0.147. The average molecular weight is 266 g/mol. The van der Waals surface area contributed by atoms with Crippen molar-refractivity contribution >= 4 is 5.97 Å². The molecule has 0 aliphatic heterocycles. The van der Waals surface area contributed by atoms with Gasteiger partial charge in [0.05, 0.1) is 12.8 Å². The number of pyridine rings is 1. The number of hydrogen-bond donors (Lipinski definition) is 1. The summed E-state index contributed by atoms with van der Waals surface area (Å²) < 4.78 is 10.3. The van der Waals surface area contributed by atoms with Gasteiger partial charge < -0.3 is 14.8 Å². The Hall–Kier alpha value is -1.62.